The Morgan fingerprint density at radius 2 is 1.57 bits per heavy atom. The molecule has 1 aliphatic carbocycles. The lowest BCUT2D eigenvalue weighted by molar-refractivity contribution is -0.152. The average Bonchev–Trinajstić information content (AvgIpc) is 2.97. The minimum absolute atomic E-state index is 0.285. The molecule has 6 heteroatoms. The van der Waals surface area contributed by atoms with Crippen molar-refractivity contribution in [1.82, 2.24) is 4.90 Å². The van der Waals surface area contributed by atoms with E-state index in [-0.39, 0.29) is 29.4 Å². The van der Waals surface area contributed by atoms with Crippen LogP contribution in [0.3, 0.4) is 0 Å². The third kappa shape index (κ3) is 3.42. The highest BCUT2D eigenvalue weighted by Gasteiger charge is 2.48. The summed E-state index contributed by atoms with van der Waals surface area (Å²) in [5.74, 6) is -2.23. The Bertz CT molecular complexity index is 942. The number of ether oxygens (including phenoxy) is 1. The Balaban J connectivity index is 1.35. The van der Waals surface area contributed by atoms with Crippen molar-refractivity contribution in [3.63, 3.8) is 0 Å². The second kappa shape index (κ2) is 7.54. The number of ketones is 1. The molecular weight excluding hydrogens is 358 g/mol. The predicted molar refractivity (Wildman–Crippen MR) is 101 cm³/mol. The summed E-state index contributed by atoms with van der Waals surface area (Å²) in [6.45, 7) is -0.837. The highest BCUT2D eigenvalue weighted by Crippen LogP contribution is 2.37. The summed E-state index contributed by atoms with van der Waals surface area (Å²) >= 11 is 0. The van der Waals surface area contributed by atoms with E-state index in [0.29, 0.717) is 18.4 Å². The van der Waals surface area contributed by atoms with E-state index >= 15 is 0 Å². The van der Waals surface area contributed by atoms with Crippen LogP contribution in [0.1, 0.15) is 36.0 Å². The third-order valence-electron chi connectivity index (χ3n) is 5.66. The van der Waals surface area contributed by atoms with Crippen LogP contribution in [0.4, 0.5) is 0 Å². The van der Waals surface area contributed by atoms with Crippen molar-refractivity contribution >= 4 is 34.3 Å². The quantitative estimate of drug-likeness (QED) is 0.453. The Morgan fingerprint density at radius 1 is 0.929 bits per heavy atom. The van der Waals surface area contributed by atoms with Crippen LogP contribution in [0.5, 0.6) is 0 Å². The molecule has 28 heavy (non-hydrogen) atoms. The largest absolute Gasteiger partial charge is 0.456 e. The number of Topliss-reactive ketones (excluding diaryl/α,β-unsaturated/α-hetero) is 1. The number of fused-ring (bicyclic) bond motifs is 2. The number of nitrogens with zero attached hydrogens (tertiary/aromatic N) is 1. The molecule has 2 fully saturated rings. The molecule has 1 saturated carbocycles. The van der Waals surface area contributed by atoms with Gasteiger partial charge in [0.1, 0.15) is 6.54 Å². The Hall–Kier alpha value is -3.02. The minimum atomic E-state index is -0.741. The van der Waals surface area contributed by atoms with Gasteiger partial charge in [-0.15, -0.1) is 0 Å². The van der Waals surface area contributed by atoms with Gasteiger partial charge >= 0.3 is 5.97 Å². The summed E-state index contributed by atoms with van der Waals surface area (Å²) in [6, 6.07) is 12.9. The second-order valence-corrected chi connectivity index (χ2v) is 7.41. The molecule has 1 heterocycles. The van der Waals surface area contributed by atoms with Crippen LogP contribution in [-0.4, -0.2) is 41.6 Å². The zero-order valence-electron chi connectivity index (χ0n) is 15.4. The first-order valence-electron chi connectivity index (χ1n) is 9.57. The molecule has 0 aromatic heterocycles. The first-order chi connectivity index (χ1) is 13.5. The van der Waals surface area contributed by atoms with Crippen LogP contribution < -0.4 is 0 Å². The van der Waals surface area contributed by atoms with E-state index in [4.69, 9.17) is 4.74 Å². The number of hydrogen-bond donors (Lipinski definition) is 0. The van der Waals surface area contributed by atoms with Crippen molar-refractivity contribution in [3.8, 4) is 0 Å². The molecule has 2 amide bonds. The Labute approximate surface area is 162 Å². The lowest BCUT2D eigenvalue weighted by Crippen LogP contribution is -2.37. The van der Waals surface area contributed by atoms with Crippen molar-refractivity contribution in [2.24, 2.45) is 11.8 Å². The summed E-state index contributed by atoms with van der Waals surface area (Å²) in [4.78, 5) is 50.3. The Kier molecular flexibility index (Phi) is 4.94. The second-order valence-electron chi connectivity index (χ2n) is 7.41. The first-order valence-corrected chi connectivity index (χ1v) is 9.57. The molecule has 6 nitrogen and oxygen atoms in total. The fraction of sp³-hybridized carbons (Fsp3) is 0.364. The maximum Gasteiger partial charge on any atom is 0.326 e. The van der Waals surface area contributed by atoms with Crippen molar-refractivity contribution < 1.29 is 23.9 Å². The van der Waals surface area contributed by atoms with Crippen molar-refractivity contribution in [2.45, 2.75) is 25.7 Å². The normalized spacial score (nSPS) is 21.6. The van der Waals surface area contributed by atoms with Crippen LogP contribution in [-0.2, 0) is 19.1 Å². The zero-order chi connectivity index (χ0) is 19.7. The monoisotopic (exact) mass is 379 g/mol. The SMILES string of the molecule is O=C(CN1C(=O)[C@@H]2CCCC[C@H]2C1=O)OCC(=O)c1ccc2ccccc2c1. The van der Waals surface area contributed by atoms with E-state index in [9.17, 15) is 19.2 Å². The van der Waals surface area contributed by atoms with Crippen molar-refractivity contribution in [1.29, 1.82) is 0 Å². The van der Waals surface area contributed by atoms with E-state index in [2.05, 4.69) is 0 Å². The molecule has 2 aromatic rings. The van der Waals surface area contributed by atoms with Gasteiger partial charge in [0.05, 0.1) is 11.8 Å². The number of hydrogen-bond acceptors (Lipinski definition) is 5. The van der Waals surface area contributed by atoms with Crippen LogP contribution in [0, 0.1) is 11.8 Å². The number of carbonyl (C=O) groups is 4. The van der Waals surface area contributed by atoms with E-state index in [1.54, 1.807) is 12.1 Å². The number of carbonyl (C=O) groups excluding carboxylic acids is 4. The lowest BCUT2D eigenvalue weighted by atomic mass is 9.81. The molecule has 4 rings (SSSR count). The first kappa shape index (κ1) is 18.3. The molecule has 1 saturated heterocycles. The smallest absolute Gasteiger partial charge is 0.326 e. The number of likely N-dealkylation sites (tertiary alicyclic amines) is 1. The van der Waals surface area contributed by atoms with Gasteiger partial charge < -0.3 is 4.74 Å². The van der Waals surface area contributed by atoms with Crippen molar-refractivity contribution in [3.05, 3.63) is 48.0 Å². The summed E-state index contributed by atoms with van der Waals surface area (Å²) in [5, 5.41) is 1.94. The molecule has 0 bridgehead atoms. The fourth-order valence-electron chi connectivity index (χ4n) is 4.15. The molecule has 2 aromatic carbocycles. The molecule has 0 unspecified atom stereocenters. The zero-order valence-corrected chi connectivity index (χ0v) is 15.4. The maximum absolute atomic E-state index is 12.4. The molecule has 1 aliphatic heterocycles. The van der Waals surface area contributed by atoms with Crippen LogP contribution in [0.2, 0.25) is 0 Å². The maximum atomic E-state index is 12.4. The van der Waals surface area contributed by atoms with Gasteiger partial charge in [0.25, 0.3) is 0 Å². The predicted octanol–water partition coefficient (Wildman–Crippen LogP) is 2.74. The topological polar surface area (TPSA) is 80.8 Å². The Morgan fingerprint density at radius 3 is 2.25 bits per heavy atom. The van der Waals surface area contributed by atoms with Gasteiger partial charge in [-0.25, -0.2) is 0 Å². The molecule has 0 spiro atoms. The summed E-state index contributed by atoms with van der Waals surface area (Å²) < 4.78 is 5.05. The van der Waals surface area contributed by atoms with E-state index in [0.717, 1.165) is 28.5 Å². The number of amides is 2. The summed E-state index contributed by atoms with van der Waals surface area (Å²) in [6.07, 6.45) is 3.25. The summed E-state index contributed by atoms with van der Waals surface area (Å²) in [5.41, 5.74) is 0.450. The van der Waals surface area contributed by atoms with Crippen LogP contribution >= 0.6 is 0 Å². The third-order valence-corrected chi connectivity index (χ3v) is 5.66. The van der Waals surface area contributed by atoms with E-state index in [1.807, 2.05) is 30.3 Å². The number of imide groups is 1. The molecule has 144 valence electrons. The standard InChI is InChI=1S/C22H21NO5/c24-19(16-10-9-14-5-1-2-6-15(14)11-16)13-28-20(25)12-23-21(26)17-7-3-4-8-18(17)22(23)27/h1-2,5-6,9-11,17-18H,3-4,7-8,12-13H2/t17-,18-/m1/s1. The number of esters is 1. The molecule has 0 radical (unpaired) electrons. The van der Waals surface area contributed by atoms with Gasteiger partial charge in [-0.1, -0.05) is 49.2 Å². The van der Waals surface area contributed by atoms with Gasteiger partial charge in [-0.05, 0) is 29.7 Å². The van der Waals surface area contributed by atoms with Gasteiger partial charge in [0, 0.05) is 5.56 Å². The van der Waals surface area contributed by atoms with Gasteiger partial charge in [-0.3, -0.25) is 24.1 Å². The van der Waals surface area contributed by atoms with Gasteiger partial charge in [0.15, 0.2) is 12.4 Å². The highest BCUT2D eigenvalue weighted by atomic mass is 16.5. The number of rotatable bonds is 5. The van der Waals surface area contributed by atoms with E-state index in [1.165, 1.54) is 0 Å². The van der Waals surface area contributed by atoms with Crippen molar-refractivity contribution in [2.75, 3.05) is 13.2 Å². The van der Waals surface area contributed by atoms with Gasteiger partial charge in [-0.2, -0.15) is 0 Å². The molecule has 2 atom stereocenters. The summed E-state index contributed by atoms with van der Waals surface area (Å²) in [7, 11) is 0. The molecular formula is C22H21NO5. The van der Waals surface area contributed by atoms with Crippen LogP contribution in [0.25, 0.3) is 10.8 Å². The number of benzene rings is 2. The lowest BCUT2D eigenvalue weighted by Gasteiger charge is -2.19. The highest BCUT2D eigenvalue weighted by molar-refractivity contribution is 6.07. The molecule has 0 N–H and O–H groups in total. The average molecular weight is 379 g/mol. The minimum Gasteiger partial charge on any atom is -0.456 e. The fourth-order valence-corrected chi connectivity index (χ4v) is 4.15. The van der Waals surface area contributed by atoms with Crippen LogP contribution in [0.15, 0.2) is 42.5 Å². The van der Waals surface area contributed by atoms with E-state index < -0.39 is 19.1 Å². The van der Waals surface area contributed by atoms with Gasteiger partial charge in [0.2, 0.25) is 11.8 Å². The molecule has 2 aliphatic rings.